The van der Waals surface area contributed by atoms with Crippen molar-refractivity contribution >= 4 is 0 Å². The van der Waals surface area contributed by atoms with Gasteiger partial charge in [-0.2, -0.15) is 5.10 Å². The summed E-state index contributed by atoms with van der Waals surface area (Å²) in [5.41, 5.74) is 2.74. The van der Waals surface area contributed by atoms with Gasteiger partial charge in [0.2, 0.25) is 0 Å². The Morgan fingerprint density at radius 3 is 2.83 bits per heavy atom. The van der Waals surface area contributed by atoms with E-state index in [0.29, 0.717) is 6.04 Å². The molecule has 0 fully saturated rings. The largest absolute Gasteiger partial charge is 0.309 e. The summed E-state index contributed by atoms with van der Waals surface area (Å²) >= 11 is 0. The monoisotopic (exact) mass is 247 g/mol. The molecule has 2 rings (SSSR count). The zero-order chi connectivity index (χ0) is 13.1. The van der Waals surface area contributed by atoms with E-state index in [0.717, 1.165) is 23.5 Å². The average Bonchev–Trinajstić information content (AvgIpc) is 2.78. The van der Waals surface area contributed by atoms with Crippen molar-refractivity contribution in [2.45, 2.75) is 33.4 Å². The van der Waals surface area contributed by atoms with Crippen molar-refractivity contribution in [3.63, 3.8) is 0 Å². The summed E-state index contributed by atoms with van der Waals surface area (Å²) in [7, 11) is 0. The Hall–Kier alpha value is -1.68. The van der Waals surface area contributed by atoms with Gasteiger partial charge in [-0.3, -0.25) is 0 Å². The predicted octanol–water partition coefficient (Wildman–Crippen LogP) is 2.82. The number of nitrogens with zero attached hydrogens (tertiary/aromatic N) is 2. The van der Waals surface area contributed by atoms with Crippen LogP contribution in [0.25, 0.3) is 5.69 Å². The van der Waals surface area contributed by atoms with Crippen LogP contribution in [0.5, 0.6) is 0 Å². The Bertz CT molecular complexity index is 532. The van der Waals surface area contributed by atoms with Crippen LogP contribution in [-0.4, -0.2) is 15.8 Å². The fraction of sp³-hybridized carbons (Fsp3) is 0.357. The lowest BCUT2D eigenvalue weighted by Gasteiger charge is -2.07. The third-order valence-electron chi connectivity index (χ3n) is 2.75. The molecule has 96 valence electrons. The molecular weight excluding hydrogens is 229 g/mol. The van der Waals surface area contributed by atoms with Gasteiger partial charge >= 0.3 is 0 Å². The van der Waals surface area contributed by atoms with Gasteiger partial charge in [0.1, 0.15) is 5.82 Å². The van der Waals surface area contributed by atoms with Crippen LogP contribution >= 0.6 is 0 Å². The first kappa shape index (κ1) is 12.8. The molecule has 0 aliphatic carbocycles. The van der Waals surface area contributed by atoms with Crippen molar-refractivity contribution in [1.29, 1.82) is 0 Å². The highest BCUT2D eigenvalue weighted by molar-refractivity contribution is 5.39. The maximum atomic E-state index is 13.2. The van der Waals surface area contributed by atoms with E-state index in [1.54, 1.807) is 10.7 Å². The van der Waals surface area contributed by atoms with E-state index < -0.39 is 0 Å². The fourth-order valence-corrected chi connectivity index (χ4v) is 1.73. The topological polar surface area (TPSA) is 29.9 Å². The second-order valence-electron chi connectivity index (χ2n) is 4.72. The smallest absolute Gasteiger partial charge is 0.125 e. The molecule has 1 N–H and O–H groups in total. The zero-order valence-electron chi connectivity index (χ0n) is 10.9. The Morgan fingerprint density at radius 1 is 1.33 bits per heavy atom. The second-order valence-corrected chi connectivity index (χ2v) is 4.72. The number of aryl methyl sites for hydroxylation is 1. The molecule has 4 heteroatoms. The third-order valence-corrected chi connectivity index (χ3v) is 2.75. The van der Waals surface area contributed by atoms with Crippen LogP contribution in [0.3, 0.4) is 0 Å². The molecule has 0 saturated heterocycles. The predicted molar refractivity (Wildman–Crippen MR) is 70.2 cm³/mol. The van der Waals surface area contributed by atoms with E-state index in [1.165, 1.54) is 12.1 Å². The fourth-order valence-electron chi connectivity index (χ4n) is 1.73. The quantitative estimate of drug-likeness (QED) is 0.900. The van der Waals surface area contributed by atoms with Crippen molar-refractivity contribution < 1.29 is 4.39 Å². The van der Waals surface area contributed by atoms with Crippen LogP contribution in [-0.2, 0) is 6.54 Å². The van der Waals surface area contributed by atoms with Crippen LogP contribution in [0.4, 0.5) is 4.39 Å². The lowest BCUT2D eigenvalue weighted by Crippen LogP contribution is -2.22. The average molecular weight is 247 g/mol. The van der Waals surface area contributed by atoms with Crippen molar-refractivity contribution in [1.82, 2.24) is 15.1 Å². The highest BCUT2D eigenvalue weighted by atomic mass is 19.1. The second kappa shape index (κ2) is 5.31. The lowest BCUT2D eigenvalue weighted by atomic mass is 10.2. The molecule has 1 heterocycles. The van der Waals surface area contributed by atoms with Gasteiger partial charge in [-0.25, -0.2) is 9.07 Å². The van der Waals surface area contributed by atoms with Gasteiger partial charge in [-0.1, -0.05) is 19.9 Å². The standard InChI is InChI=1S/C14H18FN3/c1-10(2)16-9-13-6-7-18(17-13)14-8-12(15)5-4-11(14)3/h4-8,10,16H,9H2,1-3H3. The molecule has 0 saturated carbocycles. The zero-order valence-corrected chi connectivity index (χ0v) is 10.9. The Labute approximate surface area is 107 Å². The van der Waals surface area contributed by atoms with Crippen molar-refractivity contribution in [2.24, 2.45) is 0 Å². The summed E-state index contributed by atoms with van der Waals surface area (Å²) in [6.45, 7) is 6.85. The molecule has 0 amide bonds. The van der Waals surface area contributed by atoms with Gasteiger partial charge in [-0.15, -0.1) is 0 Å². The normalized spacial score (nSPS) is 11.2. The number of aromatic nitrogens is 2. The third kappa shape index (κ3) is 2.96. The maximum absolute atomic E-state index is 13.2. The molecule has 3 nitrogen and oxygen atoms in total. The van der Waals surface area contributed by atoms with Crippen molar-refractivity contribution in [2.75, 3.05) is 0 Å². The van der Waals surface area contributed by atoms with E-state index in [1.807, 2.05) is 19.2 Å². The van der Waals surface area contributed by atoms with Crippen LogP contribution in [0, 0.1) is 12.7 Å². The van der Waals surface area contributed by atoms with Gasteiger partial charge in [0.05, 0.1) is 11.4 Å². The number of nitrogens with one attached hydrogen (secondary N) is 1. The van der Waals surface area contributed by atoms with Gasteiger partial charge < -0.3 is 5.32 Å². The van der Waals surface area contributed by atoms with Gasteiger partial charge in [0.25, 0.3) is 0 Å². The molecule has 18 heavy (non-hydrogen) atoms. The number of benzene rings is 1. The van der Waals surface area contributed by atoms with Crippen LogP contribution in [0.2, 0.25) is 0 Å². The van der Waals surface area contributed by atoms with E-state index in [-0.39, 0.29) is 5.82 Å². The summed E-state index contributed by atoms with van der Waals surface area (Å²) in [6, 6.07) is 7.09. The molecule has 1 aromatic carbocycles. The SMILES string of the molecule is Cc1ccc(F)cc1-n1ccc(CNC(C)C)n1. The molecule has 0 atom stereocenters. The maximum Gasteiger partial charge on any atom is 0.125 e. The Kier molecular flexibility index (Phi) is 3.77. The summed E-state index contributed by atoms with van der Waals surface area (Å²) in [5, 5.41) is 7.74. The van der Waals surface area contributed by atoms with Crippen LogP contribution in [0.15, 0.2) is 30.5 Å². The lowest BCUT2D eigenvalue weighted by molar-refractivity contribution is 0.577. The number of hydrogen-bond donors (Lipinski definition) is 1. The van der Waals surface area contributed by atoms with Crippen LogP contribution in [0.1, 0.15) is 25.1 Å². The molecule has 0 aliphatic heterocycles. The van der Waals surface area contributed by atoms with Gasteiger partial charge in [0.15, 0.2) is 0 Å². The van der Waals surface area contributed by atoms with E-state index in [4.69, 9.17) is 0 Å². The summed E-state index contributed by atoms with van der Waals surface area (Å²) < 4.78 is 15.0. The number of halogens is 1. The Morgan fingerprint density at radius 2 is 2.11 bits per heavy atom. The molecule has 0 spiro atoms. The molecule has 0 radical (unpaired) electrons. The van der Waals surface area contributed by atoms with Crippen molar-refractivity contribution in [3.05, 3.63) is 47.5 Å². The highest BCUT2D eigenvalue weighted by Crippen LogP contribution is 2.15. The number of rotatable bonds is 4. The van der Waals surface area contributed by atoms with Gasteiger partial charge in [-0.05, 0) is 30.7 Å². The van der Waals surface area contributed by atoms with E-state index in [2.05, 4.69) is 24.3 Å². The summed E-state index contributed by atoms with van der Waals surface area (Å²) in [5.74, 6) is -0.243. The molecule has 0 unspecified atom stereocenters. The highest BCUT2D eigenvalue weighted by Gasteiger charge is 2.05. The molecular formula is C14H18FN3. The minimum atomic E-state index is -0.243. The first-order valence-electron chi connectivity index (χ1n) is 6.10. The minimum Gasteiger partial charge on any atom is -0.309 e. The summed E-state index contributed by atoms with van der Waals surface area (Å²) in [4.78, 5) is 0. The Balaban J connectivity index is 2.21. The first-order valence-corrected chi connectivity index (χ1v) is 6.10. The molecule has 0 bridgehead atoms. The molecule has 2 aromatic rings. The van der Waals surface area contributed by atoms with Crippen molar-refractivity contribution in [3.8, 4) is 5.69 Å². The molecule has 1 aromatic heterocycles. The van der Waals surface area contributed by atoms with Gasteiger partial charge in [0, 0.05) is 18.8 Å². The van der Waals surface area contributed by atoms with E-state index in [9.17, 15) is 4.39 Å². The first-order chi connectivity index (χ1) is 8.56. The minimum absolute atomic E-state index is 0.243. The van der Waals surface area contributed by atoms with Crippen LogP contribution < -0.4 is 5.32 Å². The molecule has 0 aliphatic rings. The number of hydrogen-bond acceptors (Lipinski definition) is 2. The summed E-state index contributed by atoms with van der Waals surface area (Å²) in [6.07, 6.45) is 1.86. The van der Waals surface area contributed by atoms with E-state index >= 15 is 0 Å².